The molecule has 1 saturated heterocycles. The van der Waals surface area contributed by atoms with Gasteiger partial charge in [-0.05, 0) is 13.8 Å². The number of nitrogens with zero attached hydrogens (tertiary/aromatic N) is 2. The van der Waals surface area contributed by atoms with Gasteiger partial charge in [0.05, 0.1) is 6.10 Å². The zero-order chi connectivity index (χ0) is 15.4. The van der Waals surface area contributed by atoms with Gasteiger partial charge in [0, 0.05) is 26.6 Å². The lowest BCUT2D eigenvalue weighted by molar-refractivity contribution is -0.141. The first kappa shape index (κ1) is 16.2. The van der Waals surface area contributed by atoms with Crippen LogP contribution in [0.25, 0.3) is 0 Å². The van der Waals surface area contributed by atoms with Gasteiger partial charge in [0.25, 0.3) is 0 Å². The Bertz CT molecular complexity index is 401. The van der Waals surface area contributed by atoms with Crippen LogP contribution in [0.15, 0.2) is 0 Å². The normalized spacial score (nSPS) is 23.3. The van der Waals surface area contributed by atoms with Crippen LogP contribution in [0.3, 0.4) is 0 Å². The fraction of sp³-hybridized carbons (Fsp3) is 0.750. The standard InChI is InChI=1S/C12H21N3O5/c1-4-14(3)10(17)7(2)13-12(20)15-6-8(16)5-9(15)11(18)19/h7-9,16H,4-6H2,1-3H3,(H,13,20)(H,18,19)/t7?,8?,9-/m0/s1. The van der Waals surface area contributed by atoms with Gasteiger partial charge >= 0.3 is 12.0 Å². The Kier molecular flexibility index (Phi) is 5.32. The number of amides is 3. The van der Waals surface area contributed by atoms with Crippen molar-refractivity contribution in [3.63, 3.8) is 0 Å². The minimum atomic E-state index is -1.17. The van der Waals surface area contributed by atoms with E-state index in [0.717, 1.165) is 4.90 Å². The van der Waals surface area contributed by atoms with E-state index in [1.54, 1.807) is 7.05 Å². The molecule has 2 unspecified atom stereocenters. The molecule has 0 aromatic heterocycles. The van der Waals surface area contributed by atoms with Crippen molar-refractivity contribution in [2.75, 3.05) is 20.1 Å². The van der Waals surface area contributed by atoms with Gasteiger partial charge in [-0.1, -0.05) is 0 Å². The highest BCUT2D eigenvalue weighted by Crippen LogP contribution is 2.18. The Morgan fingerprint density at radius 3 is 2.55 bits per heavy atom. The van der Waals surface area contributed by atoms with Crippen molar-refractivity contribution in [2.45, 2.75) is 38.5 Å². The predicted octanol–water partition coefficient (Wildman–Crippen LogP) is -0.917. The number of likely N-dealkylation sites (tertiary alicyclic amines) is 1. The van der Waals surface area contributed by atoms with Gasteiger partial charge in [-0.3, -0.25) is 4.79 Å². The van der Waals surface area contributed by atoms with Crippen molar-refractivity contribution in [1.82, 2.24) is 15.1 Å². The first-order valence-corrected chi connectivity index (χ1v) is 6.50. The summed E-state index contributed by atoms with van der Waals surface area (Å²) in [7, 11) is 1.62. The van der Waals surface area contributed by atoms with Crippen molar-refractivity contribution >= 4 is 17.9 Å². The fourth-order valence-electron chi connectivity index (χ4n) is 2.09. The topological polar surface area (TPSA) is 110 Å². The fourth-order valence-corrected chi connectivity index (χ4v) is 2.09. The van der Waals surface area contributed by atoms with Crippen molar-refractivity contribution in [2.24, 2.45) is 0 Å². The van der Waals surface area contributed by atoms with Gasteiger partial charge in [-0.2, -0.15) is 0 Å². The lowest BCUT2D eigenvalue weighted by Gasteiger charge is -2.25. The summed E-state index contributed by atoms with van der Waals surface area (Å²) in [5.41, 5.74) is 0. The van der Waals surface area contributed by atoms with Crippen LogP contribution in [-0.2, 0) is 9.59 Å². The van der Waals surface area contributed by atoms with E-state index in [2.05, 4.69) is 5.32 Å². The summed E-state index contributed by atoms with van der Waals surface area (Å²) in [6.07, 6.45) is -0.855. The van der Waals surface area contributed by atoms with E-state index >= 15 is 0 Å². The van der Waals surface area contributed by atoms with E-state index in [-0.39, 0.29) is 18.9 Å². The van der Waals surface area contributed by atoms with Gasteiger partial charge in [0.1, 0.15) is 12.1 Å². The summed E-state index contributed by atoms with van der Waals surface area (Å²) in [6, 6.07) is -2.46. The third kappa shape index (κ3) is 3.60. The Morgan fingerprint density at radius 1 is 1.45 bits per heavy atom. The molecule has 0 aromatic carbocycles. The van der Waals surface area contributed by atoms with Crippen molar-refractivity contribution < 1.29 is 24.6 Å². The molecule has 0 radical (unpaired) electrons. The Hall–Kier alpha value is -1.83. The van der Waals surface area contributed by atoms with Crippen LogP contribution in [0.2, 0.25) is 0 Å². The molecular weight excluding hydrogens is 266 g/mol. The van der Waals surface area contributed by atoms with Crippen LogP contribution in [0.5, 0.6) is 0 Å². The zero-order valence-corrected chi connectivity index (χ0v) is 11.9. The molecular formula is C12H21N3O5. The van der Waals surface area contributed by atoms with E-state index < -0.39 is 30.2 Å². The van der Waals surface area contributed by atoms with E-state index in [1.165, 1.54) is 11.8 Å². The summed E-state index contributed by atoms with van der Waals surface area (Å²) >= 11 is 0. The molecule has 0 aliphatic carbocycles. The molecule has 0 spiro atoms. The van der Waals surface area contributed by atoms with E-state index in [4.69, 9.17) is 5.11 Å². The van der Waals surface area contributed by atoms with Crippen molar-refractivity contribution in [1.29, 1.82) is 0 Å². The summed E-state index contributed by atoms with van der Waals surface area (Å²) < 4.78 is 0. The van der Waals surface area contributed by atoms with Crippen LogP contribution < -0.4 is 5.32 Å². The second kappa shape index (κ2) is 6.56. The first-order chi connectivity index (χ1) is 9.27. The maximum Gasteiger partial charge on any atom is 0.326 e. The molecule has 1 rings (SSSR count). The summed E-state index contributed by atoms with van der Waals surface area (Å²) in [5.74, 6) is -1.42. The Labute approximate surface area is 117 Å². The third-order valence-electron chi connectivity index (χ3n) is 3.39. The van der Waals surface area contributed by atoms with Crippen LogP contribution in [0.4, 0.5) is 4.79 Å². The molecule has 20 heavy (non-hydrogen) atoms. The van der Waals surface area contributed by atoms with Gasteiger partial charge in [0.15, 0.2) is 0 Å². The highest BCUT2D eigenvalue weighted by atomic mass is 16.4. The predicted molar refractivity (Wildman–Crippen MR) is 70.1 cm³/mol. The molecule has 0 aromatic rings. The molecule has 1 aliphatic rings. The minimum Gasteiger partial charge on any atom is -0.480 e. The molecule has 0 bridgehead atoms. The molecule has 114 valence electrons. The minimum absolute atomic E-state index is 0.0000561. The van der Waals surface area contributed by atoms with E-state index in [1.807, 2.05) is 6.92 Å². The van der Waals surface area contributed by atoms with Crippen LogP contribution in [-0.4, -0.2) is 76.2 Å². The number of aliphatic carboxylic acids is 1. The highest BCUT2D eigenvalue weighted by molar-refractivity contribution is 5.88. The molecule has 8 nitrogen and oxygen atoms in total. The number of hydrogen-bond donors (Lipinski definition) is 3. The lowest BCUT2D eigenvalue weighted by Crippen LogP contribution is -2.52. The first-order valence-electron chi connectivity index (χ1n) is 6.50. The molecule has 8 heteroatoms. The van der Waals surface area contributed by atoms with Gasteiger partial charge in [-0.15, -0.1) is 0 Å². The number of urea groups is 1. The summed E-state index contributed by atoms with van der Waals surface area (Å²) in [6.45, 7) is 3.81. The molecule has 1 aliphatic heterocycles. The molecule has 1 fully saturated rings. The van der Waals surface area contributed by atoms with Crippen LogP contribution in [0.1, 0.15) is 20.3 Å². The average Bonchev–Trinajstić information content (AvgIpc) is 2.79. The largest absolute Gasteiger partial charge is 0.480 e. The van der Waals surface area contributed by atoms with Crippen LogP contribution >= 0.6 is 0 Å². The number of rotatable bonds is 4. The Morgan fingerprint density at radius 2 is 2.05 bits per heavy atom. The second-order valence-electron chi connectivity index (χ2n) is 4.92. The number of carboxylic acids is 1. The molecule has 1 heterocycles. The lowest BCUT2D eigenvalue weighted by atomic mass is 10.2. The van der Waals surface area contributed by atoms with Gasteiger partial charge in [-0.25, -0.2) is 9.59 Å². The monoisotopic (exact) mass is 287 g/mol. The number of aliphatic hydroxyl groups excluding tert-OH is 1. The number of carbonyl (C=O) groups excluding carboxylic acids is 2. The molecule has 3 N–H and O–H groups in total. The van der Waals surface area contributed by atoms with Crippen molar-refractivity contribution in [3.05, 3.63) is 0 Å². The maximum atomic E-state index is 12.0. The number of aliphatic hydroxyl groups is 1. The smallest absolute Gasteiger partial charge is 0.326 e. The zero-order valence-electron chi connectivity index (χ0n) is 11.9. The summed E-state index contributed by atoms with van der Waals surface area (Å²) in [5, 5.41) is 21.0. The van der Waals surface area contributed by atoms with Gasteiger partial charge in [0.2, 0.25) is 5.91 Å². The number of carbonyl (C=O) groups is 3. The molecule has 3 atom stereocenters. The SMILES string of the molecule is CCN(C)C(=O)C(C)NC(=O)N1CC(O)C[C@H]1C(=O)O. The maximum absolute atomic E-state index is 12.0. The van der Waals surface area contributed by atoms with Crippen molar-refractivity contribution in [3.8, 4) is 0 Å². The number of nitrogens with one attached hydrogen (secondary N) is 1. The quantitative estimate of drug-likeness (QED) is 0.619. The number of β-amino-alcohol motifs (C(OH)–C–C–N with tert-alkyl or cyclic N) is 1. The summed E-state index contributed by atoms with van der Waals surface area (Å²) in [4.78, 5) is 37.4. The molecule has 0 saturated carbocycles. The number of carboxylic acid groups (broad SMARTS) is 1. The molecule has 3 amide bonds. The number of likely N-dealkylation sites (N-methyl/N-ethyl adjacent to an activating group) is 1. The van der Waals surface area contributed by atoms with E-state index in [0.29, 0.717) is 6.54 Å². The third-order valence-corrected chi connectivity index (χ3v) is 3.39. The van der Waals surface area contributed by atoms with Gasteiger partial charge < -0.3 is 25.3 Å². The highest BCUT2D eigenvalue weighted by Gasteiger charge is 2.39. The average molecular weight is 287 g/mol. The Balaban J connectivity index is 2.66. The number of hydrogen-bond acceptors (Lipinski definition) is 4. The second-order valence-corrected chi connectivity index (χ2v) is 4.92. The van der Waals surface area contributed by atoms with Crippen LogP contribution in [0, 0.1) is 0 Å². The van der Waals surface area contributed by atoms with E-state index in [9.17, 15) is 19.5 Å².